The van der Waals surface area contributed by atoms with Crippen molar-refractivity contribution >= 4 is 28.9 Å². The van der Waals surface area contributed by atoms with Gasteiger partial charge in [0.15, 0.2) is 0 Å². The van der Waals surface area contributed by atoms with E-state index in [1.807, 2.05) is 30.3 Å². The lowest BCUT2D eigenvalue weighted by Gasteiger charge is -2.34. The lowest BCUT2D eigenvalue weighted by molar-refractivity contribution is -0.121. The van der Waals surface area contributed by atoms with Crippen LogP contribution in [0, 0.1) is 5.92 Å². The molecular formula is C24H31ClN4O. The minimum Gasteiger partial charge on any atom is -0.369 e. The first-order valence-electron chi connectivity index (χ1n) is 10.9. The van der Waals surface area contributed by atoms with Crippen molar-refractivity contribution in [3.8, 4) is 0 Å². The topological polar surface area (TPSA) is 38.8 Å². The van der Waals surface area contributed by atoms with Crippen LogP contribution >= 0.6 is 11.6 Å². The zero-order valence-electron chi connectivity index (χ0n) is 17.7. The van der Waals surface area contributed by atoms with Crippen molar-refractivity contribution in [2.24, 2.45) is 5.92 Å². The van der Waals surface area contributed by atoms with E-state index in [9.17, 15) is 4.79 Å². The van der Waals surface area contributed by atoms with Gasteiger partial charge in [-0.25, -0.2) is 0 Å². The van der Waals surface area contributed by atoms with Crippen molar-refractivity contribution in [1.82, 2.24) is 9.80 Å². The van der Waals surface area contributed by atoms with Crippen LogP contribution in [0.25, 0.3) is 0 Å². The summed E-state index contributed by atoms with van der Waals surface area (Å²) in [5.74, 6) is 0.225. The van der Waals surface area contributed by atoms with E-state index in [1.165, 1.54) is 11.3 Å². The summed E-state index contributed by atoms with van der Waals surface area (Å²) in [6, 6.07) is 16.3. The van der Waals surface area contributed by atoms with Crippen molar-refractivity contribution in [1.29, 1.82) is 0 Å². The number of hydrogen-bond acceptors (Lipinski definition) is 4. The Bertz CT molecular complexity index is 841. The first kappa shape index (κ1) is 21.2. The number of nitrogens with one attached hydrogen (secondary N) is 1. The molecular weight excluding hydrogens is 396 g/mol. The molecule has 2 aliphatic rings. The normalized spacial score (nSPS) is 19.1. The molecule has 4 rings (SSSR count). The maximum absolute atomic E-state index is 12.7. The Hall–Kier alpha value is -2.08. The lowest BCUT2D eigenvalue weighted by atomic mass is 9.95. The second-order valence-electron chi connectivity index (χ2n) is 8.51. The molecule has 0 radical (unpaired) electrons. The summed E-state index contributed by atoms with van der Waals surface area (Å²) in [5, 5.41) is 3.90. The summed E-state index contributed by atoms with van der Waals surface area (Å²) in [7, 11) is 2.16. The molecule has 0 bridgehead atoms. The van der Waals surface area contributed by atoms with Crippen LogP contribution < -0.4 is 10.2 Å². The number of piperidine rings is 1. The third-order valence-electron chi connectivity index (χ3n) is 6.26. The average Bonchev–Trinajstić information content (AvgIpc) is 2.75. The highest BCUT2D eigenvalue weighted by Crippen LogP contribution is 2.23. The molecule has 0 aliphatic carbocycles. The predicted octanol–water partition coefficient (Wildman–Crippen LogP) is 3.94. The molecule has 2 saturated heterocycles. The molecule has 2 fully saturated rings. The van der Waals surface area contributed by atoms with E-state index in [4.69, 9.17) is 11.6 Å². The zero-order chi connectivity index (χ0) is 20.9. The maximum atomic E-state index is 12.7. The highest BCUT2D eigenvalue weighted by molar-refractivity contribution is 6.30. The number of piperazine rings is 1. The molecule has 0 saturated carbocycles. The second kappa shape index (κ2) is 9.82. The molecule has 160 valence electrons. The molecule has 2 aliphatic heterocycles. The van der Waals surface area contributed by atoms with Gasteiger partial charge in [0.1, 0.15) is 0 Å². The summed E-state index contributed by atoms with van der Waals surface area (Å²) in [6.45, 7) is 7.05. The summed E-state index contributed by atoms with van der Waals surface area (Å²) in [4.78, 5) is 19.9. The number of carbonyl (C=O) groups is 1. The molecule has 1 amide bonds. The van der Waals surface area contributed by atoms with Crippen LogP contribution in [0.2, 0.25) is 5.02 Å². The van der Waals surface area contributed by atoms with Crippen LogP contribution in [0.3, 0.4) is 0 Å². The molecule has 0 atom stereocenters. The van der Waals surface area contributed by atoms with Gasteiger partial charge in [0.25, 0.3) is 0 Å². The fourth-order valence-electron chi connectivity index (χ4n) is 4.31. The molecule has 1 N–H and O–H groups in total. The third-order valence-corrected chi connectivity index (χ3v) is 6.49. The van der Waals surface area contributed by atoms with Crippen LogP contribution in [0.15, 0.2) is 48.5 Å². The number of rotatable bonds is 5. The fourth-order valence-corrected chi connectivity index (χ4v) is 4.52. The Morgan fingerprint density at radius 1 is 1.00 bits per heavy atom. The van der Waals surface area contributed by atoms with Crippen LogP contribution in [0.4, 0.5) is 11.4 Å². The largest absolute Gasteiger partial charge is 0.369 e. The Morgan fingerprint density at radius 2 is 1.70 bits per heavy atom. The van der Waals surface area contributed by atoms with E-state index >= 15 is 0 Å². The van der Waals surface area contributed by atoms with E-state index < -0.39 is 0 Å². The van der Waals surface area contributed by atoms with Gasteiger partial charge in [0, 0.05) is 55.0 Å². The molecule has 0 aromatic heterocycles. The van der Waals surface area contributed by atoms with Crippen molar-refractivity contribution < 1.29 is 4.79 Å². The molecule has 2 aromatic rings. The summed E-state index contributed by atoms with van der Waals surface area (Å²) < 4.78 is 0. The number of benzene rings is 2. The SMILES string of the molecule is CN1CCN(c2ccc(NC(=O)C3CCN(Cc4cccc(Cl)c4)CC3)cc2)CC1. The van der Waals surface area contributed by atoms with Gasteiger partial charge in [-0.3, -0.25) is 9.69 Å². The minimum atomic E-state index is 0.0814. The molecule has 2 aromatic carbocycles. The number of carbonyl (C=O) groups excluding carboxylic acids is 1. The van der Waals surface area contributed by atoms with E-state index in [0.29, 0.717) is 0 Å². The van der Waals surface area contributed by atoms with Crippen molar-refractivity contribution in [2.45, 2.75) is 19.4 Å². The molecule has 5 nitrogen and oxygen atoms in total. The Labute approximate surface area is 184 Å². The highest BCUT2D eigenvalue weighted by Gasteiger charge is 2.25. The summed E-state index contributed by atoms with van der Waals surface area (Å²) in [5.41, 5.74) is 3.35. The number of hydrogen-bond donors (Lipinski definition) is 1. The number of likely N-dealkylation sites (N-methyl/N-ethyl adjacent to an activating group) is 1. The zero-order valence-corrected chi connectivity index (χ0v) is 18.4. The van der Waals surface area contributed by atoms with Crippen molar-refractivity contribution in [3.63, 3.8) is 0 Å². The van der Waals surface area contributed by atoms with Gasteiger partial charge in [-0.1, -0.05) is 23.7 Å². The Balaban J connectivity index is 1.24. The molecule has 30 heavy (non-hydrogen) atoms. The monoisotopic (exact) mass is 426 g/mol. The highest BCUT2D eigenvalue weighted by atomic mass is 35.5. The van der Waals surface area contributed by atoms with Gasteiger partial charge in [-0.05, 0) is 74.9 Å². The number of likely N-dealkylation sites (tertiary alicyclic amines) is 1. The van der Waals surface area contributed by atoms with Crippen LogP contribution in [0.1, 0.15) is 18.4 Å². The number of anilines is 2. The number of nitrogens with zero attached hydrogens (tertiary/aromatic N) is 3. The van der Waals surface area contributed by atoms with Crippen LogP contribution in [0.5, 0.6) is 0 Å². The summed E-state index contributed by atoms with van der Waals surface area (Å²) >= 11 is 6.09. The van der Waals surface area contributed by atoms with Gasteiger partial charge in [-0.2, -0.15) is 0 Å². The van der Waals surface area contributed by atoms with Gasteiger partial charge in [0.05, 0.1) is 0 Å². The average molecular weight is 427 g/mol. The van der Waals surface area contributed by atoms with E-state index in [0.717, 1.165) is 69.4 Å². The first-order valence-corrected chi connectivity index (χ1v) is 11.3. The van der Waals surface area contributed by atoms with Gasteiger partial charge >= 0.3 is 0 Å². The fraction of sp³-hybridized carbons (Fsp3) is 0.458. The third kappa shape index (κ3) is 5.54. The van der Waals surface area contributed by atoms with Crippen LogP contribution in [-0.4, -0.2) is 62.0 Å². The number of amides is 1. The second-order valence-corrected chi connectivity index (χ2v) is 8.94. The quantitative estimate of drug-likeness (QED) is 0.785. The van der Waals surface area contributed by atoms with Gasteiger partial charge < -0.3 is 15.1 Å². The van der Waals surface area contributed by atoms with Gasteiger partial charge in [0.2, 0.25) is 5.91 Å². The van der Waals surface area contributed by atoms with E-state index in [2.05, 4.69) is 45.3 Å². The smallest absolute Gasteiger partial charge is 0.227 e. The van der Waals surface area contributed by atoms with Gasteiger partial charge in [-0.15, -0.1) is 0 Å². The molecule has 2 heterocycles. The molecule has 0 spiro atoms. The molecule has 0 unspecified atom stereocenters. The van der Waals surface area contributed by atoms with Crippen LogP contribution in [-0.2, 0) is 11.3 Å². The standard InChI is InChI=1S/C24H31ClN4O/c1-27-13-15-29(16-14-27)23-7-5-22(6-8-23)26-24(30)20-9-11-28(12-10-20)18-19-3-2-4-21(25)17-19/h2-8,17,20H,9-16,18H2,1H3,(H,26,30). The van der Waals surface area contributed by atoms with Crippen molar-refractivity contribution in [2.75, 3.05) is 56.5 Å². The lowest BCUT2D eigenvalue weighted by Crippen LogP contribution is -2.44. The predicted molar refractivity (Wildman–Crippen MR) is 124 cm³/mol. The number of halogens is 1. The van der Waals surface area contributed by atoms with E-state index in [-0.39, 0.29) is 11.8 Å². The Kier molecular flexibility index (Phi) is 6.93. The maximum Gasteiger partial charge on any atom is 0.227 e. The minimum absolute atomic E-state index is 0.0814. The first-order chi connectivity index (χ1) is 14.6. The molecule has 6 heteroatoms. The summed E-state index contributed by atoms with van der Waals surface area (Å²) in [6.07, 6.45) is 1.79. The van der Waals surface area contributed by atoms with E-state index in [1.54, 1.807) is 0 Å². The Morgan fingerprint density at radius 3 is 2.37 bits per heavy atom. The van der Waals surface area contributed by atoms with Crippen molar-refractivity contribution in [3.05, 3.63) is 59.1 Å².